The molecular weight excluding hydrogens is 260 g/mol. The van der Waals surface area contributed by atoms with Crippen LogP contribution in [0.4, 0.5) is 0 Å². The molecule has 112 valence electrons. The van der Waals surface area contributed by atoms with Gasteiger partial charge in [-0.15, -0.1) is 0 Å². The first-order valence-corrected chi connectivity index (χ1v) is 7.79. The Morgan fingerprint density at radius 2 is 2.05 bits per heavy atom. The summed E-state index contributed by atoms with van der Waals surface area (Å²) in [5, 5.41) is 4.60. The maximum Gasteiger partial charge on any atom is 0.146 e. The average Bonchev–Trinajstić information content (AvgIpc) is 2.47. The number of para-hydroxylation sites is 1. The van der Waals surface area contributed by atoms with Gasteiger partial charge in [0.2, 0.25) is 0 Å². The van der Waals surface area contributed by atoms with Crippen LogP contribution in [0.25, 0.3) is 10.9 Å². The lowest BCUT2D eigenvalue weighted by Gasteiger charge is -2.43. The van der Waals surface area contributed by atoms with Gasteiger partial charge in [0.1, 0.15) is 17.4 Å². The van der Waals surface area contributed by atoms with E-state index in [2.05, 4.69) is 36.3 Å². The van der Waals surface area contributed by atoms with Crippen molar-refractivity contribution in [3.8, 4) is 5.75 Å². The van der Waals surface area contributed by atoms with Crippen molar-refractivity contribution in [2.24, 2.45) is 5.41 Å². The SMILES string of the molecule is CNC1C(Oc2cccc3cccnc23)CCCC1(C)C. The number of aromatic nitrogens is 1. The maximum absolute atomic E-state index is 6.38. The predicted octanol–water partition coefficient (Wildman–Crippen LogP) is 3.78. The zero-order chi connectivity index (χ0) is 14.9. The van der Waals surface area contributed by atoms with Crippen LogP contribution in [0.15, 0.2) is 36.5 Å². The van der Waals surface area contributed by atoms with Crippen molar-refractivity contribution in [2.45, 2.75) is 45.3 Å². The highest BCUT2D eigenvalue weighted by molar-refractivity contribution is 5.84. The Labute approximate surface area is 126 Å². The Bertz CT molecular complexity index is 618. The minimum Gasteiger partial charge on any atom is -0.486 e. The average molecular weight is 284 g/mol. The molecule has 0 saturated heterocycles. The van der Waals surface area contributed by atoms with Gasteiger partial charge in [-0.25, -0.2) is 0 Å². The number of hydrogen-bond acceptors (Lipinski definition) is 3. The predicted molar refractivity (Wildman–Crippen MR) is 86.6 cm³/mol. The maximum atomic E-state index is 6.38. The molecule has 0 amide bonds. The number of nitrogens with zero attached hydrogens (tertiary/aromatic N) is 1. The van der Waals surface area contributed by atoms with Crippen molar-refractivity contribution < 1.29 is 4.74 Å². The minimum atomic E-state index is 0.200. The van der Waals surface area contributed by atoms with Crippen LogP contribution in [0, 0.1) is 5.41 Å². The van der Waals surface area contributed by atoms with E-state index in [4.69, 9.17) is 4.74 Å². The lowest BCUT2D eigenvalue weighted by atomic mass is 9.72. The van der Waals surface area contributed by atoms with Gasteiger partial charge >= 0.3 is 0 Å². The van der Waals surface area contributed by atoms with E-state index in [-0.39, 0.29) is 11.5 Å². The fourth-order valence-corrected chi connectivity index (χ4v) is 3.62. The molecule has 3 heteroatoms. The molecular formula is C18H24N2O. The van der Waals surface area contributed by atoms with Gasteiger partial charge in [0.15, 0.2) is 0 Å². The minimum absolute atomic E-state index is 0.200. The molecule has 1 aliphatic carbocycles. The summed E-state index contributed by atoms with van der Waals surface area (Å²) in [6.07, 6.45) is 5.58. The fourth-order valence-electron chi connectivity index (χ4n) is 3.62. The first-order valence-electron chi connectivity index (χ1n) is 7.79. The van der Waals surface area contributed by atoms with Crippen LogP contribution in [-0.4, -0.2) is 24.2 Å². The fraction of sp³-hybridized carbons (Fsp3) is 0.500. The van der Waals surface area contributed by atoms with Gasteiger partial charge in [0, 0.05) is 17.6 Å². The van der Waals surface area contributed by atoms with E-state index < -0.39 is 0 Å². The van der Waals surface area contributed by atoms with E-state index in [1.807, 2.05) is 31.4 Å². The van der Waals surface area contributed by atoms with Gasteiger partial charge in [0.25, 0.3) is 0 Å². The molecule has 1 fully saturated rings. The summed E-state index contributed by atoms with van der Waals surface area (Å²) in [6.45, 7) is 4.65. The molecule has 1 heterocycles. The second-order valence-electron chi connectivity index (χ2n) is 6.63. The van der Waals surface area contributed by atoms with Crippen LogP contribution in [0.5, 0.6) is 5.75 Å². The van der Waals surface area contributed by atoms with E-state index in [9.17, 15) is 0 Å². The molecule has 0 aliphatic heterocycles. The summed E-state index contributed by atoms with van der Waals surface area (Å²) in [4.78, 5) is 4.49. The number of ether oxygens (including phenoxy) is 1. The van der Waals surface area contributed by atoms with Gasteiger partial charge in [0.05, 0.1) is 0 Å². The number of fused-ring (bicyclic) bond motifs is 1. The summed E-state index contributed by atoms with van der Waals surface area (Å²) >= 11 is 0. The van der Waals surface area contributed by atoms with Crippen LogP contribution in [0.1, 0.15) is 33.1 Å². The highest BCUT2D eigenvalue weighted by atomic mass is 16.5. The van der Waals surface area contributed by atoms with Gasteiger partial charge in [-0.1, -0.05) is 32.0 Å². The summed E-state index contributed by atoms with van der Waals surface area (Å²) in [5.74, 6) is 0.899. The van der Waals surface area contributed by atoms with Gasteiger partial charge < -0.3 is 10.1 Å². The largest absolute Gasteiger partial charge is 0.486 e. The quantitative estimate of drug-likeness (QED) is 0.931. The molecule has 1 aromatic heterocycles. The third-order valence-corrected chi connectivity index (χ3v) is 4.71. The monoisotopic (exact) mass is 284 g/mol. The van der Waals surface area contributed by atoms with Crippen molar-refractivity contribution in [3.63, 3.8) is 0 Å². The van der Waals surface area contributed by atoms with Crippen molar-refractivity contribution in [1.29, 1.82) is 0 Å². The van der Waals surface area contributed by atoms with Gasteiger partial charge in [-0.3, -0.25) is 4.98 Å². The van der Waals surface area contributed by atoms with Crippen molar-refractivity contribution in [3.05, 3.63) is 36.5 Å². The van der Waals surface area contributed by atoms with E-state index in [1.165, 1.54) is 12.8 Å². The molecule has 1 N–H and O–H groups in total. The number of benzene rings is 1. The van der Waals surface area contributed by atoms with Crippen LogP contribution in [0.3, 0.4) is 0 Å². The molecule has 0 bridgehead atoms. The lowest BCUT2D eigenvalue weighted by molar-refractivity contribution is 0.0412. The summed E-state index contributed by atoms with van der Waals surface area (Å²) < 4.78 is 6.38. The lowest BCUT2D eigenvalue weighted by Crippen LogP contribution is -2.53. The summed E-state index contributed by atoms with van der Waals surface area (Å²) in [5.41, 5.74) is 1.22. The molecule has 3 nitrogen and oxygen atoms in total. The second kappa shape index (κ2) is 5.64. The third-order valence-electron chi connectivity index (χ3n) is 4.71. The second-order valence-corrected chi connectivity index (χ2v) is 6.63. The van der Waals surface area contributed by atoms with Crippen molar-refractivity contribution >= 4 is 10.9 Å². The Morgan fingerprint density at radius 1 is 1.24 bits per heavy atom. The number of hydrogen-bond donors (Lipinski definition) is 1. The van der Waals surface area contributed by atoms with Crippen molar-refractivity contribution in [1.82, 2.24) is 10.3 Å². The topological polar surface area (TPSA) is 34.1 Å². The normalized spacial score (nSPS) is 24.9. The molecule has 1 aliphatic rings. The highest BCUT2D eigenvalue weighted by Gasteiger charge is 2.39. The summed E-state index contributed by atoms with van der Waals surface area (Å²) in [7, 11) is 2.04. The molecule has 3 rings (SSSR count). The van der Waals surface area contributed by atoms with Gasteiger partial charge in [-0.2, -0.15) is 0 Å². The van der Waals surface area contributed by atoms with E-state index in [0.717, 1.165) is 23.1 Å². The van der Waals surface area contributed by atoms with Crippen LogP contribution < -0.4 is 10.1 Å². The first-order chi connectivity index (χ1) is 10.1. The Kier molecular flexibility index (Phi) is 3.85. The van der Waals surface area contributed by atoms with Gasteiger partial charge in [-0.05, 0) is 43.9 Å². The van der Waals surface area contributed by atoms with E-state index in [1.54, 1.807) is 0 Å². The molecule has 2 unspecified atom stereocenters. The van der Waals surface area contributed by atoms with E-state index in [0.29, 0.717) is 6.04 Å². The molecule has 21 heavy (non-hydrogen) atoms. The zero-order valence-corrected chi connectivity index (χ0v) is 13.1. The van der Waals surface area contributed by atoms with Crippen LogP contribution in [0.2, 0.25) is 0 Å². The third kappa shape index (κ3) is 2.75. The Balaban J connectivity index is 1.91. The Morgan fingerprint density at radius 3 is 2.86 bits per heavy atom. The molecule has 2 atom stereocenters. The van der Waals surface area contributed by atoms with Crippen LogP contribution >= 0.6 is 0 Å². The molecule has 0 spiro atoms. The van der Waals surface area contributed by atoms with E-state index >= 15 is 0 Å². The molecule has 2 aromatic rings. The number of pyridine rings is 1. The number of rotatable bonds is 3. The standard InChI is InChI=1S/C18H24N2O/c1-18(2)11-5-10-15(17(18)19-3)21-14-9-4-7-13-8-6-12-20-16(13)14/h4,6-9,12,15,17,19H,5,10-11H2,1-3H3. The highest BCUT2D eigenvalue weighted by Crippen LogP contribution is 2.38. The molecule has 0 radical (unpaired) electrons. The zero-order valence-electron chi connectivity index (χ0n) is 13.1. The van der Waals surface area contributed by atoms with Crippen molar-refractivity contribution in [2.75, 3.05) is 7.05 Å². The molecule has 1 saturated carbocycles. The summed E-state index contributed by atoms with van der Waals surface area (Å²) in [6, 6.07) is 10.6. The smallest absolute Gasteiger partial charge is 0.146 e. The number of nitrogens with one attached hydrogen (secondary N) is 1. The number of likely N-dealkylation sites (N-methyl/N-ethyl adjacent to an activating group) is 1. The Hall–Kier alpha value is -1.61. The first kappa shape index (κ1) is 14.3. The molecule has 1 aromatic carbocycles. The van der Waals surface area contributed by atoms with Crippen LogP contribution in [-0.2, 0) is 0 Å².